The summed E-state index contributed by atoms with van der Waals surface area (Å²) in [6.07, 6.45) is 2.00. The molecule has 0 spiro atoms. The van der Waals surface area contributed by atoms with Crippen molar-refractivity contribution < 1.29 is 25.9 Å². The molecule has 8 aromatic rings. The molecule has 0 unspecified atom stereocenters. The van der Waals surface area contributed by atoms with Gasteiger partial charge in [-0.2, -0.15) is 0 Å². The number of hydrogen-bond donors (Lipinski definition) is 0. The third kappa shape index (κ3) is 7.64. The number of aromatic nitrogens is 3. The van der Waals surface area contributed by atoms with E-state index >= 15 is 0 Å². The van der Waals surface area contributed by atoms with Crippen molar-refractivity contribution in [3.63, 3.8) is 0 Å². The van der Waals surface area contributed by atoms with Crippen LogP contribution >= 0.6 is 0 Å². The Kier molecular flexibility index (Phi) is 11.4. The van der Waals surface area contributed by atoms with Crippen LogP contribution in [0.3, 0.4) is 0 Å². The molecule has 8 rings (SSSR count). The predicted molar refractivity (Wildman–Crippen MR) is 226 cm³/mol. The van der Waals surface area contributed by atoms with Crippen LogP contribution in [0.5, 0.6) is 0 Å². The molecule has 0 atom stereocenters. The van der Waals surface area contributed by atoms with Gasteiger partial charge in [0.05, 0.1) is 22.4 Å². The molecule has 3 aromatic heterocycles. The summed E-state index contributed by atoms with van der Waals surface area (Å²) in [6.45, 7) is 12.9. The van der Waals surface area contributed by atoms with Gasteiger partial charge in [-0.3, -0.25) is 4.98 Å². The smallest absolute Gasteiger partial charge is 0 e. The Bertz CT molecular complexity index is 2570. The Hall–Kier alpha value is -4.29. The van der Waals surface area contributed by atoms with E-state index in [4.69, 9.17) is 10.8 Å². The van der Waals surface area contributed by atoms with Gasteiger partial charge in [-0.25, -0.2) is 0 Å². The Morgan fingerprint density at radius 1 is 0.722 bits per heavy atom. The fourth-order valence-electron chi connectivity index (χ4n) is 7.21. The van der Waals surface area contributed by atoms with Crippen LogP contribution in [-0.2, 0) is 20.1 Å². The van der Waals surface area contributed by atoms with Crippen molar-refractivity contribution in [2.45, 2.75) is 76.5 Å². The van der Waals surface area contributed by atoms with Crippen molar-refractivity contribution in [2.24, 2.45) is 0 Å². The van der Waals surface area contributed by atoms with Gasteiger partial charge in [0.1, 0.15) is 5.58 Å². The Morgan fingerprint density at radius 3 is 2.07 bits per heavy atom. The summed E-state index contributed by atoms with van der Waals surface area (Å²) in [6, 6.07) is 44.0. The second kappa shape index (κ2) is 16.2. The molecule has 1 radical (unpaired) electrons. The molecule has 277 valence electrons. The average Bonchev–Trinajstić information content (AvgIpc) is 3.73. The summed E-state index contributed by atoms with van der Waals surface area (Å²) in [4.78, 5) is 9.77. The standard InChI is InChI=1S/C31H27N2O.C17H22GeN.Ir/c1-19(2)21-12-9-13-22(20(3)4)29(21)33-27-17-7-6-16-26(27)32-31(33)25-15-10-14-24-23-11-5-8-18-28(23)34-30(24)25;1-13(2)15-11-17(14-9-7-6-8-10-14)19-12-16(15)18(3,4)5;/h5-14,16-20H,1-4H3;6-9,11-13H,1-5H3;/q2*-1;/i;13D;. The zero-order chi connectivity index (χ0) is 38.4. The molecular formula is C48H49GeIrN3O-2. The number of rotatable bonds is 7. The van der Waals surface area contributed by atoms with Crippen molar-refractivity contribution in [2.75, 3.05) is 0 Å². The predicted octanol–water partition coefficient (Wildman–Crippen LogP) is 12.9. The van der Waals surface area contributed by atoms with E-state index in [1.54, 1.807) is 0 Å². The zero-order valence-corrected chi connectivity index (χ0v) is 37.2. The minimum atomic E-state index is -2.03. The van der Waals surface area contributed by atoms with Crippen molar-refractivity contribution in [3.8, 4) is 28.3 Å². The van der Waals surface area contributed by atoms with Gasteiger partial charge in [-0.1, -0.05) is 87.2 Å². The number of nitrogens with zero attached hydrogens (tertiary/aromatic N) is 3. The first kappa shape index (κ1) is 38.0. The van der Waals surface area contributed by atoms with Crippen molar-refractivity contribution in [3.05, 3.63) is 144 Å². The van der Waals surface area contributed by atoms with Crippen molar-refractivity contribution in [1.29, 1.82) is 0 Å². The number of imidazole rings is 1. The van der Waals surface area contributed by atoms with Crippen LogP contribution in [0.25, 0.3) is 61.3 Å². The first-order valence-corrected chi connectivity index (χ1v) is 26.0. The van der Waals surface area contributed by atoms with E-state index in [-0.39, 0.29) is 20.1 Å². The summed E-state index contributed by atoms with van der Waals surface area (Å²) in [5.74, 6) is 8.05. The molecule has 0 aliphatic rings. The SMILES string of the molecule is CC(C)c1cccc(C(C)C)c1-n1c(-c2[c-]ccc3c2oc2ccccc23)nc2ccccc21.[2H]C(C)(C)c1cc(-c2[c-]cccc2)nc[c]1[Ge]([CH3])([CH3])[CH3].[Ir]. The summed E-state index contributed by atoms with van der Waals surface area (Å²) in [5.41, 5.74) is 11.5. The number of furan rings is 1. The maximum atomic E-state index is 8.44. The minimum Gasteiger partial charge on any atom is 0 e. The molecule has 3 heterocycles. The average molecular weight is 950 g/mol. The molecule has 5 aromatic carbocycles. The number of fused-ring (bicyclic) bond motifs is 4. The van der Waals surface area contributed by atoms with Crippen LogP contribution in [0.2, 0.25) is 17.3 Å². The largest absolute Gasteiger partial charge is 0 e. The van der Waals surface area contributed by atoms with Crippen LogP contribution in [0.15, 0.2) is 120 Å². The first-order valence-electron chi connectivity index (χ1n) is 19.1. The second-order valence-corrected chi connectivity index (χ2v) is 26.3. The zero-order valence-electron chi connectivity index (χ0n) is 33.7. The van der Waals surface area contributed by atoms with Gasteiger partial charge in [0, 0.05) is 31.2 Å². The molecule has 4 nitrogen and oxygen atoms in total. The summed E-state index contributed by atoms with van der Waals surface area (Å²) < 4.78 is 18.5. The molecule has 0 fully saturated rings. The van der Waals surface area contributed by atoms with Crippen LogP contribution in [0, 0.1) is 12.1 Å². The maximum absolute atomic E-state index is 8.44. The van der Waals surface area contributed by atoms with Gasteiger partial charge in [0.2, 0.25) is 0 Å². The first-order chi connectivity index (χ1) is 25.7. The maximum Gasteiger partial charge on any atom is 0 e. The third-order valence-corrected chi connectivity index (χ3v) is 14.2. The topological polar surface area (TPSA) is 43.9 Å². The van der Waals surface area contributed by atoms with Gasteiger partial charge in [0.15, 0.2) is 0 Å². The molecule has 0 saturated heterocycles. The third-order valence-electron chi connectivity index (χ3n) is 9.92. The van der Waals surface area contributed by atoms with E-state index < -0.39 is 19.2 Å². The van der Waals surface area contributed by atoms with Crippen LogP contribution in [-0.4, -0.2) is 27.8 Å². The van der Waals surface area contributed by atoms with E-state index in [1.165, 1.54) is 21.2 Å². The number of benzene rings is 5. The number of pyridine rings is 1. The summed E-state index contributed by atoms with van der Waals surface area (Å²) >= 11 is -2.03. The van der Waals surface area contributed by atoms with Crippen LogP contribution in [0.1, 0.15) is 77.3 Å². The van der Waals surface area contributed by atoms with Crippen molar-refractivity contribution in [1.82, 2.24) is 14.5 Å². The molecule has 0 aliphatic heterocycles. The van der Waals surface area contributed by atoms with E-state index in [0.29, 0.717) is 11.8 Å². The van der Waals surface area contributed by atoms with Crippen LogP contribution in [0.4, 0.5) is 0 Å². The van der Waals surface area contributed by atoms with E-state index in [9.17, 15) is 0 Å². The van der Waals surface area contributed by atoms with Gasteiger partial charge < -0.3 is 8.98 Å². The molecule has 0 bridgehead atoms. The van der Waals surface area contributed by atoms with Crippen molar-refractivity contribution >= 4 is 50.6 Å². The number of hydrogen-bond acceptors (Lipinski definition) is 3. The summed E-state index contributed by atoms with van der Waals surface area (Å²) in [7, 11) is 0. The van der Waals surface area contributed by atoms with E-state index in [1.807, 2.05) is 68.6 Å². The summed E-state index contributed by atoms with van der Waals surface area (Å²) in [5, 5.41) is 2.20. The molecule has 0 aliphatic carbocycles. The second-order valence-electron chi connectivity index (χ2n) is 15.7. The fourth-order valence-corrected chi connectivity index (χ4v) is 10.5. The van der Waals surface area contributed by atoms with Gasteiger partial charge in [0.25, 0.3) is 0 Å². The number of para-hydroxylation sites is 4. The van der Waals surface area contributed by atoms with Crippen LogP contribution < -0.4 is 4.40 Å². The van der Waals surface area contributed by atoms with Gasteiger partial charge >= 0.3 is 120 Å². The Labute approximate surface area is 338 Å². The van der Waals surface area contributed by atoms with E-state index in [0.717, 1.165) is 61.2 Å². The molecule has 0 saturated carbocycles. The normalized spacial score (nSPS) is 12.2. The molecular weight excluding hydrogens is 899 g/mol. The molecule has 6 heteroatoms. The Balaban J connectivity index is 0.000000211. The van der Waals surface area contributed by atoms with Gasteiger partial charge in [-0.15, -0.1) is 18.2 Å². The quantitative estimate of drug-likeness (QED) is 0.118. The van der Waals surface area contributed by atoms with E-state index in [2.05, 4.69) is 127 Å². The monoisotopic (exact) mass is 951 g/mol. The minimum absolute atomic E-state index is 0. The fraction of sp³-hybridized carbons (Fsp3) is 0.250. The molecule has 0 amide bonds. The Morgan fingerprint density at radius 2 is 1.41 bits per heavy atom. The van der Waals surface area contributed by atoms with Gasteiger partial charge in [-0.05, 0) is 41.2 Å². The molecule has 54 heavy (non-hydrogen) atoms. The molecule has 0 N–H and O–H groups in total.